The Morgan fingerprint density at radius 1 is 1.15 bits per heavy atom. The molecular weight excluding hydrogens is 527 g/mol. The van der Waals surface area contributed by atoms with Gasteiger partial charge in [0.2, 0.25) is 5.91 Å². The van der Waals surface area contributed by atoms with E-state index in [9.17, 15) is 24.0 Å². The van der Waals surface area contributed by atoms with Gasteiger partial charge >= 0.3 is 6.03 Å². The average Bonchev–Trinajstić information content (AvgIpc) is 3.52. The summed E-state index contributed by atoms with van der Waals surface area (Å²) in [6.07, 6.45) is 3.37. The van der Waals surface area contributed by atoms with Crippen molar-refractivity contribution in [1.29, 1.82) is 5.26 Å². The van der Waals surface area contributed by atoms with Crippen LogP contribution in [0.3, 0.4) is 0 Å². The van der Waals surface area contributed by atoms with Crippen LogP contribution in [0.25, 0.3) is 0 Å². The van der Waals surface area contributed by atoms with E-state index in [1.165, 1.54) is 22.1 Å². The molecule has 0 spiro atoms. The van der Waals surface area contributed by atoms with Crippen molar-refractivity contribution in [3.05, 3.63) is 58.4 Å². The molecule has 0 N–H and O–H groups in total. The smallest absolute Gasteiger partial charge is 0.331 e. The van der Waals surface area contributed by atoms with Crippen LogP contribution in [-0.4, -0.2) is 54.6 Å². The molecule has 4 amide bonds. The summed E-state index contributed by atoms with van der Waals surface area (Å²) < 4.78 is 20.0. The van der Waals surface area contributed by atoms with Crippen LogP contribution >= 0.6 is 11.6 Å². The maximum absolute atomic E-state index is 14.0. The van der Waals surface area contributed by atoms with Gasteiger partial charge in [-0.25, -0.2) is 19.1 Å². The standard InChI is InChI=1S/C28H28ClFN4O5/c1-32-15-26(35)33(28(32)37)22-6-7-23(29)25(13-22)38-16-17-2-4-19(5-3-17)27(36)34-24(8-9-39-34)20-10-18(14-31)11-21(30)12-20/h6-7,10-13,17,19,24H,2-5,8-9,15-16H2,1H3/t17-,19-,24-/m0/s1. The van der Waals surface area contributed by atoms with Gasteiger partial charge in [0.25, 0.3) is 5.91 Å². The van der Waals surface area contributed by atoms with E-state index in [0.717, 1.165) is 17.7 Å². The summed E-state index contributed by atoms with van der Waals surface area (Å²) in [6, 6.07) is 10.1. The minimum absolute atomic E-state index is 0.0198. The highest BCUT2D eigenvalue weighted by Gasteiger charge is 2.38. The van der Waals surface area contributed by atoms with Gasteiger partial charge in [0.1, 0.15) is 18.1 Å². The molecule has 39 heavy (non-hydrogen) atoms. The third-order valence-corrected chi connectivity index (χ3v) is 7.85. The molecule has 0 aromatic heterocycles. The number of imide groups is 1. The Hall–Kier alpha value is -3.68. The molecule has 1 saturated carbocycles. The van der Waals surface area contributed by atoms with Crippen molar-refractivity contribution in [3.8, 4) is 11.8 Å². The van der Waals surface area contributed by atoms with Crippen molar-refractivity contribution in [1.82, 2.24) is 9.96 Å². The first kappa shape index (κ1) is 26.9. The number of carbonyl (C=O) groups is 3. The van der Waals surface area contributed by atoms with Crippen molar-refractivity contribution < 1.29 is 28.3 Å². The number of anilines is 1. The van der Waals surface area contributed by atoms with Crippen molar-refractivity contribution in [3.63, 3.8) is 0 Å². The Bertz CT molecular complexity index is 1340. The number of hydrogen-bond acceptors (Lipinski definition) is 6. The summed E-state index contributed by atoms with van der Waals surface area (Å²) in [7, 11) is 1.57. The normalized spacial score (nSPS) is 23.3. The second-order valence-electron chi connectivity index (χ2n) is 10.2. The first-order valence-corrected chi connectivity index (χ1v) is 13.3. The van der Waals surface area contributed by atoms with Gasteiger partial charge in [0.15, 0.2) is 0 Å². The maximum atomic E-state index is 14.0. The molecule has 0 radical (unpaired) electrons. The minimum Gasteiger partial charge on any atom is -0.492 e. The molecule has 11 heteroatoms. The van der Waals surface area contributed by atoms with E-state index < -0.39 is 17.9 Å². The number of ether oxygens (including phenoxy) is 1. The van der Waals surface area contributed by atoms with Gasteiger partial charge in [-0.3, -0.25) is 14.4 Å². The van der Waals surface area contributed by atoms with Crippen molar-refractivity contribution in [2.45, 2.75) is 38.1 Å². The van der Waals surface area contributed by atoms with Crippen molar-refractivity contribution in [2.24, 2.45) is 11.8 Å². The molecule has 3 fully saturated rings. The zero-order valence-electron chi connectivity index (χ0n) is 21.4. The van der Waals surface area contributed by atoms with Gasteiger partial charge < -0.3 is 9.64 Å². The summed E-state index contributed by atoms with van der Waals surface area (Å²) in [5.74, 6) is -0.581. The van der Waals surface area contributed by atoms with Crippen LogP contribution in [0.1, 0.15) is 49.3 Å². The summed E-state index contributed by atoms with van der Waals surface area (Å²) in [6.45, 7) is 0.754. The highest BCUT2D eigenvalue weighted by molar-refractivity contribution is 6.32. The van der Waals surface area contributed by atoms with E-state index in [4.69, 9.17) is 21.2 Å². The quantitative estimate of drug-likeness (QED) is 0.473. The third-order valence-electron chi connectivity index (χ3n) is 7.54. The number of carbonyl (C=O) groups excluding carboxylic acids is 3. The van der Waals surface area contributed by atoms with Crippen LogP contribution in [-0.2, 0) is 14.4 Å². The van der Waals surface area contributed by atoms with Crippen molar-refractivity contribution in [2.75, 3.05) is 31.7 Å². The van der Waals surface area contributed by atoms with Crippen LogP contribution in [0.5, 0.6) is 5.75 Å². The molecule has 9 nitrogen and oxygen atoms in total. The average molecular weight is 555 g/mol. The van der Waals surface area contributed by atoms with Gasteiger partial charge in [-0.2, -0.15) is 5.26 Å². The monoisotopic (exact) mass is 554 g/mol. The Morgan fingerprint density at radius 3 is 2.62 bits per heavy atom. The minimum atomic E-state index is -0.513. The fourth-order valence-electron chi connectivity index (χ4n) is 5.44. The van der Waals surface area contributed by atoms with Gasteiger partial charge in [-0.1, -0.05) is 11.6 Å². The highest BCUT2D eigenvalue weighted by Crippen LogP contribution is 2.38. The SMILES string of the molecule is CN1CC(=O)N(c2ccc(Cl)c(OC[C@H]3CC[C@H](C(=O)N4OCC[C@H]4c4cc(F)cc(C#N)c4)CC3)c2)C1=O. The largest absolute Gasteiger partial charge is 0.492 e. The van der Waals surface area contributed by atoms with E-state index in [1.807, 2.05) is 6.07 Å². The Balaban J connectivity index is 1.17. The molecule has 2 saturated heterocycles. The zero-order valence-corrected chi connectivity index (χ0v) is 22.2. The summed E-state index contributed by atoms with van der Waals surface area (Å²) in [4.78, 5) is 46.0. The highest BCUT2D eigenvalue weighted by atomic mass is 35.5. The Morgan fingerprint density at radius 2 is 1.92 bits per heavy atom. The van der Waals surface area contributed by atoms with E-state index in [-0.39, 0.29) is 35.8 Å². The molecule has 0 bridgehead atoms. The fraction of sp³-hybridized carbons (Fsp3) is 0.429. The number of urea groups is 1. The second kappa shape index (κ2) is 11.2. The van der Waals surface area contributed by atoms with Crippen molar-refractivity contribution >= 4 is 35.1 Å². The number of hydroxylamine groups is 2. The fourth-order valence-corrected chi connectivity index (χ4v) is 5.61. The zero-order chi connectivity index (χ0) is 27.7. The summed E-state index contributed by atoms with van der Waals surface area (Å²) in [5, 5.41) is 10.9. The lowest BCUT2D eigenvalue weighted by molar-refractivity contribution is -0.183. The lowest BCUT2D eigenvalue weighted by Gasteiger charge is -2.32. The summed E-state index contributed by atoms with van der Waals surface area (Å²) in [5.41, 5.74) is 1.17. The molecule has 0 unspecified atom stereocenters. The number of nitrogens with zero attached hydrogens (tertiary/aromatic N) is 4. The number of amides is 4. The molecule has 2 heterocycles. The predicted molar refractivity (Wildman–Crippen MR) is 139 cm³/mol. The van der Waals surface area contributed by atoms with Gasteiger partial charge in [0, 0.05) is 25.5 Å². The second-order valence-corrected chi connectivity index (χ2v) is 10.6. The molecule has 1 aliphatic carbocycles. The van der Waals surface area contributed by atoms with Crippen LogP contribution in [0.4, 0.5) is 14.9 Å². The lowest BCUT2D eigenvalue weighted by Crippen LogP contribution is -2.37. The number of nitriles is 1. The topological polar surface area (TPSA) is 103 Å². The molecule has 3 aliphatic rings. The third kappa shape index (κ3) is 5.56. The van der Waals surface area contributed by atoms with Crippen LogP contribution in [0, 0.1) is 29.0 Å². The van der Waals surface area contributed by atoms with E-state index in [1.54, 1.807) is 31.3 Å². The number of likely N-dealkylation sites (N-methyl/N-ethyl adjacent to an activating group) is 1. The van der Waals surface area contributed by atoms with Gasteiger partial charge in [-0.05, 0) is 67.5 Å². The molecule has 2 aliphatic heterocycles. The first-order chi connectivity index (χ1) is 18.7. The molecule has 2 aromatic carbocycles. The molecule has 204 valence electrons. The maximum Gasteiger partial charge on any atom is 0.331 e. The van der Waals surface area contributed by atoms with Gasteiger partial charge in [0.05, 0.1) is 41.6 Å². The van der Waals surface area contributed by atoms with Gasteiger partial charge in [-0.15, -0.1) is 0 Å². The number of hydrogen-bond donors (Lipinski definition) is 0. The number of rotatable bonds is 6. The van der Waals surface area contributed by atoms with E-state index in [2.05, 4.69) is 0 Å². The molecular formula is C28H28ClFN4O5. The summed E-state index contributed by atoms with van der Waals surface area (Å²) >= 11 is 6.32. The van der Waals surface area contributed by atoms with E-state index in [0.29, 0.717) is 54.5 Å². The molecule has 1 atom stereocenters. The van der Waals surface area contributed by atoms with Crippen LogP contribution in [0.2, 0.25) is 5.02 Å². The lowest BCUT2D eigenvalue weighted by atomic mass is 9.81. The Labute approximate surface area is 230 Å². The molecule has 5 rings (SSSR count). The predicted octanol–water partition coefficient (Wildman–Crippen LogP) is 4.84. The van der Waals surface area contributed by atoms with E-state index >= 15 is 0 Å². The number of benzene rings is 2. The first-order valence-electron chi connectivity index (χ1n) is 12.9. The molecule has 2 aromatic rings. The number of halogens is 2. The Kier molecular flexibility index (Phi) is 7.73. The van der Waals surface area contributed by atoms with Crippen LogP contribution in [0.15, 0.2) is 36.4 Å². The van der Waals surface area contributed by atoms with Crippen LogP contribution < -0.4 is 9.64 Å².